The molecule has 2 fully saturated rings. The Kier molecular flexibility index (Phi) is 3.04. The number of methoxy groups -OCH3 is 2. The summed E-state index contributed by atoms with van der Waals surface area (Å²) in [5.41, 5.74) is 0.667. The van der Waals surface area contributed by atoms with Crippen LogP contribution in [0.1, 0.15) is 19.3 Å². The molecule has 1 unspecified atom stereocenters. The number of ether oxygens (including phenoxy) is 2. The first-order chi connectivity index (χ1) is 7.64. The molecule has 0 bridgehead atoms. The van der Waals surface area contributed by atoms with E-state index in [0.29, 0.717) is 12.6 Å². The van der Waals surface area contributed by atoms with Gasteiger partial charge in [-0.15, -0.1) is 0 Å². The van der Waals surface area contributed by atoms with Gasteiger partial charge in [-0.1, -0.05) is 12.2 Å². The quantitative estimate of drug-likeness (QED) is 0.530. The third-order valence-corrected chi connectivity index (χ3v) is 3.74. The van der Waals surface area contributed by atoms with Gasteiger partial charge in [0, 0.05) is 19.7 Å². The summed E-state index contributed by atoms with van der Waals surface area (Å²) in [5.74, 6) is -0.121. The molecule has 0 amide bonds. The van der Waals surface area contributed by atoms with Crippen molar-refractivity contribution in [2.24, 2.45) is 0 Å². The number of rotatable bonds is 3. The molecule has 0 radical (unpaired) electrons. The molecule has 0 spiro atoms. The number of carbonyl (C=O) groups excluding carboxylic acids is 1. The number of carbonyl (C=O) groups is 1. The lowest BCUT2D eigenvalue weighted by molar-refractivity contribution is -0.152. The van der Waals surface area contributed by atoms with Crippen LogP contribution in [0.15, 0.2) is 12.2 Å². The lowest BCUT2D eigenvalue weighted by Crippen LogP contribution is -2.50. The summed E-state index contributed by atoms with van der Waals surface area (Å²) in [7, 11) is 3.16. The Hall–Kier alpha value is -0.870. The zero-order valence-corrected chi connectivity index (χ0v) is 9.99. The SMILES string of the molecule is C=C1CN2[C@H](COC)CCC2(C(=O)OC)C1. The van der Waals surface area contributed by atoms with Gasteiger partial charge in [-0.2, -0.15) is 0 Å². The zero-order chi connectivity index (χ0) is 11.8. The molecule has 0 N–H and O–H groups in total. The number of esters is 1. The third-order valence-electron chi connectivity index (χ3n) is 3.74. The second-order valence-corrected chi connectivity index (χ2v) is 4.73. The molecule has 2 rings (SSSR count). The van der Waals surface area contributed by atoms with Gasteiger partial charge >= 0.3 is 5.97 Å². The van der Waals surface area contributed by atoms with Crippen LogP contribution < -0.4 is 0 Å². The molecule has 2 saturated heterocycles. The molecule has 4 heteroatoms. The summed E-state index contributed by atoms with van der Waals surface area (Å²) in [4.78, 5) is 14.2. The van der Waals surface area contributed by atoms with Crippen molar-refractivity contribution in [3.8, 4) is 0 Å². The molecule has 0 aromatic rings. The molecule has 2 atom stereocenters. The topological polar surface area (TPSA) is 38.8 Å². The molecule has 0 aromatic carbocycles. The van der Waals surface area contributed by atoms with Gasteiger partial charge in [0.05, 0.1) is 13.7 Å². The van der Waals surface area contributed by atoms with Crippen molar-refractivity contribution in [2.45, 2.75) is 30.8 Å². The minimum absolute atomic E-state index is 0.121. The van der Waals surface area contributed by atoms with E-state index in [9.17, 15) is 4.79 Å². The highest BCUT2D eigenvalue weighted by Gasteiger charge is 2.56. The largest absolute Gasteiger partial charge is 0.468 e. The van der Waals surface area contributed by atoms with E-state index in [-0.39, 0.29) is 5.97 Å². The molecule has 90 valence electrons. The number of hydrogen-bond donors (Lipinski definition) is 0. The Morgan fingerprint density at radius 1 is 1.62 bits per heavy atom. The lowest BCUT2D eigenvalue weighted by Gasteiger charge is -2.31. The minimum atomic E-state index is -0.449. The summed E-state index contributed by atoms with van der Waals surface area (Å²) in [6.45, 7) is 5.47. The van der Waals surface area contributed by atoms with Crippen molar-refractivity contribution >= 4 is 5.97 Å². The molecular formula is C12H19NO3. The zero-order valence-electron chi connectivity index (χ0n) is 9.99. The van der Waals surface area contributed by atoms with E-state index in [4.69, 9.17) is 9.47 Å². The summed E-state index contributed by atoms with van der Waals surface area (Å²) in [5, 5.41) is 0. The fourth-order valence-electron chi connectivity index (χ4n) is 3.08. The molecule has 2 aliphatic rings. The van der Waals surface area contributed by atoms with Crippen LogP contribution in [0.4, 0.5) is 0 Å². The molecule has 0 aliphatic carbocycles. The maximum Gasteiger partial charge on any atom is 0.326 e. The van der Waals surface area contributed by atoms with Crippen LogP contribution in [-0.4, -0.2) is 49.8 Å². The summed E-state index contributed by atoms with van der Waals surface area (Å²) < 4.78 is 10.2. The van der Waals surface area contributed by atoms with E-state index in [1.54, 1.807) is 7.11 Å². The highest BCUT2D eigenvalue weighted by atomic mass is 16.5. The van der Waals surface area contributed by atoms with Gasteiger partial charge in [-0.3, -0.25) is 9.69 Å². The van der Waals surface area contributed by atoms with Crippen LogP contribution in [0.2, 0.25) is 0 Å². The Balaban J connectivity index is 2.23. The highest BCUT2D eigenvalue weighted by molar-refractivity contribution is 5.82. The van der Waals surface area contributed by atoms with Gasteiger partial charge in [-0.05, 0) is 19.3 Å². The van der Waals surface area contributed by atoms with Gasteiger partial charge in [0.1, 0.15) is 5.54 Å². The van der Waals surface area contributed by atoms with E-state index >= 15 is 0 Å². The van der Waals surface area contributed by atoms with Crippen molar-refractivity contribution in [2.75, 3.05) is 27.4 Å². The van der Waals surface area contributed by atoms with E-state index in [1.807, 2.05) is 0 Å². The molecule has 0 aromatic heterocycles. The Morgan fingerprint density at radius 3 is 3.00 bits per heavy atom. The van der Waals surface area contributed by atoms with Crippen molar-refractivity contribution < 1.29 is 14.3 Å². The van der Waals surface area contributed by atoms with Gasteiger partial charge in [0.2, 0.25) is 0 Å². The minimum Gasteiger partial charge on any atom is -0.468 e. The van der Waals surface area contributed by atoms with Gasteiger partial charge < -0.3 is 9.47 Å². The average molecular weight is 225 g/mol. The van der Waals surface area contributed by atoms with E-state index in [0.717, 1.165) is 31.4 Å². The van der Waals surface area contributed by atoms with Gasteiger partial charge in [-0.25, -0.2) is 0 Å². The van der Waals surface area contributed by atoms with Gasteiger partial charge in [0.25, 0.3) is 0 Å². The molecule has 2 heterocycles. The normalized spacial score (nSPS) is 34.1. The summed E-state index contributed by atoms with van der Waals surface area (Å²) >= 11 is 0. The Bertz CT molecular complexity index is 315. The fourth-order valence-corrected chi connectivity index (χ4v) is 3.08. The van der Waals surface area contributed by atoms with E-state index in [1.165, 1.54) is 7.11 Å². The number of fused-ring (bicyclic) bond motifs is 1. The maximum atomic E-state index is 12.0. The predicted octanol–water partition coefficient (Wildman–Crippen LogP) is 0.969. The first kappa shape index (κ1) is 11.6. The molecule has 0 saturated carbocycles. The van der Waals surface area contributed by atoms with Crippen LogP contribution in [0.25, 0.3) is 0 Å². The van der Waals surface area contributed by atoms with Gasteiger partial charge in [0.15, 0.2) is 0 Å². The van der Waals surface area contributed by atoms with Crippen LogP contribution in [0, 0.1) is 0 Å². The fraction of sp³-hybridized carbons (Fsp3) is 0.750. The lowest BCUT2D eigenvalue weighted by atomic mass is 9.93. The average Bonchev–Trinajstić information content (AvgIpc) is 2.75. The Labute approximate surface area is 96.2 Å². The smallest absolute Gasteiger partial charge is 0.326 e. The van der Waals surface area contributed by atoms with E-state index in [2.05, 4.69) is 11.5 Å². The maximum absolute atomic E-state index is 12.0. The summed E-state index contributed by atoms with van der Waals surface area (Å²) in [6.07, 6.45) is 2.59. The van der Waals surface area contributed by atoms with Crippen molar-refractivity contribution in [3.63, 3.8) is 0 Å². The van der Waals surface area contributed by atoms with Crippen molar-refractivity contribution in [1.82, 2.24) is 4.90 Å². The molecular weight excluding hydrogens is 206 g/mol. The third kappa shape index (κ3) is 1.57. The molecule has 4 nitrogen and oxygen atoms in total. The number of nitrogens with zero attached hydrogens (tertiary/aromatic N) is 1. The molecule has 2 aliphatic heterocycles. The second-order valence-electron chi connectivity index (χ2n) is 4.73. The number of hydrogen-bond acceptors (Lipinski definition) is 4. The van der Waals surface area contributed by atoms with Crippen molar-refractivity contribution in [3.05, 3.63) is 12.2 Å². The standard InChI is InChI=1S/C12H19NO3/c1-9-6-12(11(14)16-3)5-4-10(8-15-2)13(12)7-9/h10H,1,4-8H2,2-3H3/t10-,12?/m0/s1. The van der Waals surface area contributed by atoms with Crippen LogP contribution in [-0.2, 0) is 14.3 Å². The second kappa shape index (κ2) is 4.18. The van der Waals surface area contributed by atoms with Crippen LogP contribution in [0.5, 0.6) is 0 Å². The molecule has 16 heavy (non-hydrogen) atoms. The van der Waals surface area contributed by atoms with Crippen molar-refractivity contribution in [1.29, 1.82) is 0 Å². The van der Waals surface area contributed by atoms with Crippen LogP contribution >= 0.6 is 0 Å². The predicted molar refractivity (Wildman–Crippen MR) is 60.1 cm³/mol. The summed E-state index contributed by atoms with van der Waals surface area (Å²) in [6, 6.07) is 0.323. The highest BCUT2D eigenvalue weighted by Crippen LogP contribution is 2.44. The first-order valence-electron chi connectivity index (χ1n) is 5.65. The van der Waals surface area contributed by atoms with Crippen LogP contribution in [0.3, 0.4) is 0 Å². The first-order valence-corrected chi connectivity index (χ1v) is 5.65. The monoisotopic (exact) mass is 225 g/mol. The Morgan fingerprint density at radius 2 is 2.38 bits per heavy atom. The van der Waals surface area contributed by atoms with E-state index < -0.39 is 5.54 Å².